The van der Waals surface area contributed by atoms with Crippen molar-refractivity contribution in [3.63, 3.8) is 0 Å². The van der Waals surface area contributed by atoms with Crippen molar-refractivity contribution in [3.8, 4) is 0 Å². The summed E-state index contributed by atoms with van der Waals surface area (Å²) >= 11 is 1.44. The largest absolute Gasteiger partial charge is 0.302 e. The quantitative estimate of drug-likeness (QED) is 0.529. The van der Waals surface area contributed by atoms with E-state index < -0.39 is 0 Å². The Morgan fingerprint density at radius 1 is 1.86 bits per heavy atom. The molecule has 0 aliphatic heterocycles. The summed E-state index contributed by atoms with van der Waals surface area (Å²) in [5.41, 5.74) is 0. The third-order valence-electron chi connectivity index (χ3n) is 0.605. The fourth-order valence-corrected chi connectivity index (χ4v) is 0.557. The van der Waals surface area contributed by atoms with Crippen LogP contribution < -0.4 is 5.32 Å². The summed E-state index contributed by atoms with van der Waals surface area (Å²) in [6, 6.07) is 0. The Morgan fingerprint density at radius 3 is 2.43 bits per heavy atom. The second-order valence-electron chi connectivity index (χ2n) is 1.02. The second kappa shape index (κ2) is 4.15. The van der Waals surface area contributed by atoms with Crippen LogP contribution in [-0.2, 0) is 4.79 Å². The summed E-state index contributed by atoms with van der Waals surface area (Å²) < 4.78 is 0. The number of likely N-dealkylation sites (N-methyl/N-ethyl adjacent to an activating group) is 1. The minimum Gasteiger partial charge on any atom is -0.302 e. The van der Waals surface area contributed by atoms with Crippen LogP contribution in [0.25, 0.3) is 0 Å². The van der Waals surface area contributed by atoms with E-state index in [1.165, 1.54) is 11.8 Å². The molecule has 0 saturated carbocycles. The number of hydrogen-bond donors (Lipinski definition) is 1. The Balaban J connectivity index is 3.16. The maximum atomic E-state index is 9.76. The van der Waals surface area contributed by atoms with Gasteiger partial charge in [-0.3, -0.25) is 4.79 Å². The van der Waals surface area contributed by atoms with E-state index in [4.69, 9.17) is 0 Å². The summed E-state index contributed by atoms with van der Waals surface area (Å²) in [5, 5.41) is 2.59. The molecule has 0 fully saturated rings. The van der Waals surface area contributed by atoms with E-state index in [0.29, 0.717) is 0 Å². The number of thioether (sulfide) groups is 1. The molecule has 0 aromatic heterocycles. The van der Waals surface area contributed by atoms with E-state index in [0.717, 1.165) is 0 Å². The van der Waals surface area contributed by atoms with Gasteiger partial charge in [-0.1, -0.05) is 0 Å². The highest BCUT2D eigenvalue weighted by Gasteiger charge is 1.97. The predicted molar refractivity (Wildman–Crippen MR) is 32.1 cm³/mol. The maximum absolute atomic E-state index is 9.76. The molecule has 0 spiro atoms. The molecule has 1 atom stereocenters. The predicted octanol–water partition coefficient (Wildman–Crippen LogP) is 0.00460. The third-order valence-corrected chi connectivity index (χ3v) is 1.41. The van der Waals surface area contributed by atoms with Crippen LogP contribution in [0.1, 0.15) is 0 Å². The minimum absolute atomic E-state index is 0.153. The zero-order chi connectivity index (χ0) is 5.70. The fraction of sp³-hybridized carbons (Fsp3) is 0.750. The van der Waals surface area contributed by atoms with Gasteiger partial charge in [-0.2, -0.15) is 0 Å². The van der Waals surface area contributed by atoms with Crippen LogP contribution >= 0.6 is 11.8 Å². The number of hydrogen-bond acceptors (Lipinski definition) is 3. The lowest BCUT2D eigenvalue weighted by Gasteiger charge is -1.99. The van der Waals surface area contributed by atoms with Crippen molar-refractivity contribution in [1.82, 2.24) is 5.32 Å². The molecule has 0 rings (SSSR count). The van der Waals surface area contributed by atoms with Gasteiger partial charge in [0, 0.05) is 0 Å². The first-order valence-electron chi connectivity index (χ1n) is 1.93. The topological polar surface area (TPSA) is 29.1 Å². The number of carbonyl (C=O) groups excluding carboxylic acids is 1. The molecule has 1 N–H and O–H groups in total. The van der Waals surface area contributed by atoms with Gasteiger partial charge in [0.25, 0.3) is 0 Å². The number of rotatable bonds is 3. The summed E-state index contributed by atoms with van der Waals surface area (Å²) in [6.07, 6.45) is 3.66. The molecular formula is C4H8NOS. The molecule has 0 aromatic carbocycles. The van der Waals surface area contributed by atoms with Gasteiger partial charge in [0.05, 0.1) is 0 Å². The van der Waals surface area contributed by atoms with Crippen molar-refractivity contribution < 1.29 is 4.79 Å². The van der Waals surface area contributed by atoms with E-state index in [1.54, 1.807) is 13.3 Å². The lowest BCUT2D eigenvalue weighted by atomic mass is 10.7. The van der Waals surface area contributed by atoms with Crippen molar-refractivity contribution in [2.45, 2.75) is 5.37 Å². The standard InChI is InChI=1S/C4H8NOS/c1-5-4(3-6)7-2/h4-5H,1-2H3. The highest BCUT2D eigenvalue weighted by Crippen LogP contribution is 1.95. The van der Waals surface area contributed by atoms with Crippen molar-refractivity contribution >= 4 is 18.0 Å². The first-order chi connectivity index (χ1) is 3.35. The van der Waals surface area contributed by atoms with Crippen LogP contribution in [-0.4, -0.2) is 25.0 Å². The first kappa shape index (κ1) is 6.98. The Bertz CT molecular complexity index is 53.7. The molecule has 0 aliphatic rings. The maximum Gasteiger partial charge on any atom is 0.227 e. The van der Waals surface area contributed by atoms with Gasteiger partial charge in [-0.05, 0) is 13.3 Å². The molecule has 0 bridgehead atoms. The first-order valence-corrected chi connectivity index (χ1v) is 3.21. The molecule has 1 unspecified atom stereocenters. The van der Waals surface area contributed by atoms with Crippen molar-refractivity contribution in [2.75, 3.05) is 13.3 Å². The number of nitrogens with one attached hydrogen (secondary N) is 1. The Labute approximate surface area is 47.7 Å². The van der Waals surface area contributed by atoms with Crippen molar-refractivity contribution in [1.29, 1.82) is 0 Å². The van der Waals surface area contributed by atoms with Crippen LogP contribution in [0.15, 0.2) is 0 Å². The summed E-state index contributed by atoms with van der Waals surface area (Å²) in [4.78, 5) is 9.76. The molecule has 7 heavy (non-hydrogen) atoms. The fourth-order valence-electron chi connectivity index (χ4n) is 0.225. The monoisotopic (exact) mass is 118 g/mol. The second-order valence-corrected chi connectivity index (χ2v) is 1.97. The Hall–Kier alpha value is -0.0200. The Morgan fingerprint density at radius 2 is 2.43 bits per heavy atom. The average Bonchev–Trinajstić information content (AvgIpc) is 1.72. The van der Waals surface area contributed by atoms with Gasteiger partial charge < -0.3 is 5.32 Å². The molecule has 0 aliphatic carbocycles. The SMILES string of the molecule is CNC([C]=O)SC. The molecule has 0 heterocycles. The van der Waals surface area contributed by atoms with E-state index in [1.807, 2.05) is 6.26 Å². The van der Waals surface area contributed by atoms with E-state index >= 15 is 0 Å². The molecule has 0 saturated heterocycles. The average molecular weight is 118 g/mol. The molecule has 0 amide bonds. The van der Waals surface area contributed by atoms with E-state index in [-0.39, 0.29) is 5.37 Å². The molecule has 2 nitrogen and oxygen atoms in total. The lowest BCUT2D eigenvalue weighted by molar-refractivity contribution is 0.548. The van der Waals surface area contributed by atoms with Gasteiger partial charge in [0.2, 0.25) is 6.29 Å². The molecule has 41 valence electrons. The van der Waals surface area contributed by atoms with Crippen molar-refractivity contribution in [2.24, 2.45) is 0 Å². The molecule has 0 aromatic rings. The molecule has 3 heteroatoms. The van der Waals surface area contributed by atoms with Crippen LogP contribution in [0.2, 0.25) is 0 Å². The highest BCUT2D eigenvalue weighted by molar-refractivity contribution is 7.99. The molecular weight excluding hydrogens is 110 g/mol. The van der Waals surface area contributed by atoms with Crippen LogP contribution in [0.3, 0.4) is 0 Å². The van der Waals surface area contributed by atoms with Gasteiger partial charge in [-0.25, -0.2) is 0 Å². The van der Waals surface area contributed by atoms with Gasteiger partial charge >= 0.3 is 0 Å². The smallest absolute Gasteiger partial charge is 0.227 e. The zero-order valence-electron chi connectivity index (χ0n) is 4.39. The van der Waals surface area contributed by atoms with Gasteiger partial charge in [0.1, 0.15) is 5.37 Å². The summed E-state index contributed by atoms with van der Waals surface area (Å²) in [7, 11) is 1.73. The van der Waals surface area contributed by atoms with Gasteiger partial charge in [-0.15, -0.1) is 11.8 Å². The van der Waals surface area contributed by atoms with Crippen LogP contribution in [0, 0.1) is 0 Å². The summed E-state index contributed by atoms with van der Waals surface area (Å²) in [6.45, 7) is 0. The third kappa shape index (κ3) is 2.65. The van der Waals surface area contributed by atoms with E-state index in [9.17, 15) is 4.79 Å². The lowest BCUT2D eigenvalue weighted by Crippen LogP contribution is -2.21. The highest BCUT2D eigenvalue weighted by atomic mass is 32.2. The minimum atomic E-state index is -0.153. The van der Waals surface area contributed by atoms with Crippen molar-refractivity contribution in [3.05, 3.63) is 0 Å². The Kier molecular flexibility index (Phi) is 4.14. The molecule has 1 radical (unpaired) electrons. The normalized spacial score (nSPS) is 13.4. The summed E-state index contributed by atoms with van der Waals surface area (Å²) in [5.74, 6) is 0. The van der Waals surface area contributed by atoms with Crippen LogP contribution in [0.4, 0.5) is 0 Å². The van der Waals surface area contributed by atoms with E-state index in [2.05, 4.69) is 5.32 Å². The van der Waals surface area contributed by atoms with Crippen LogP contribution in [0.5, 0.6) is 0 Å². The zero-order valence-corrected chi connectivity index (χ0v) is 5.21. The van der Waals surface area contributed by atoms with Gasteiger partial charge in [0.15, 0.2) is 0 Å².